The summed E-state index contributed by atoms with van der Waals surface area (Å²) in [4.78, 5) is 22.8. The van der Waals surface area contributed by atoms with Gasteiger partial charge in [-0.25, -0.2) is 4.68 Å². The quantitative estimate of drug-likeness (QED) is 0.272. The zero-order valence-electron chi connectivity index (χ0n) is 16.4. The molecule has 1 amide bonds. The average molecular weight is 410 g/mol. The molecule has 0 aliphatic carbocycles. The highest BCUT2D eigenvalue weighted by molar-refractivity contribution is 6.02. The average Bonchev–Trinajstić information content (AvgIpc) is 3.23. The molecule has 4 aromatic rings. The Bertz CT molecular complexity index is 1250. The molecule has 4 rings (SSSR count). The van der Waals surface area contributed by atoms with E-state index < -0.39 is 10.8 Å². The monoisotopic (exact) mass is 410 g/mol. The van der Waals surface area contributed by atoms with Crippen molar-refractivity contribution in [1.29, 1.82) is 0 Å². The van der Waals surface area contributed by atoms with E-state index >= 15 is 0 Å². The summed E-state index contributed by atoms with van der Waals surface area (Å²) in [6.07, 6.45) is 4.92. The third-order valence-electron chi connectivity index (χ3n) is 4.55. The van der Waals surface area contributed by atoms with Crippen molar-refractivity contribution >= 4 is 23.4 Å². The lowest BCUT2D eigenvalue weighted by atomic mass is 10.1. The number of aromatic nitrogens is 2. The summed E-state index contributed by atoms with van der Waals surface area (Å²) in [5, 5.41) is 18.3. The second-order valence-electron chi connectivity index (χ2n) is 6.71. The number of nitrogens with zero attached hydrogens (tertiary/aromatic N) is 3. The molecule has 0 atom stereocenters. The van der Waals surface area contributed by atoms with Crippen LogP contribution in [-0.4, -0.2) is 20.6 Å². The molecule has 0 radical (unpaired) electrons. The summed E-state index contributed by atoms with van der Waals surface area (Å²) < 4.78 is 1.76. The molecule has 0 bridgehead atoms. The van der Waals surface area contributed by atoms with Gasteiger partial charge < -0.3 is 5.32 Å². The van der Waals surface area contributed by atoms with E-state index in [0.29, 0.717) is 5.69 Å². The standard InChI is InChI=1S/C24H18N4O3/c29-23(25-20-10-7-13-22(16-20)28(30)31)15-14-19-17-27(21-11-5-2-6-12-21)26-24(19)18-8-3-1-4-9-18/h1-17H,(H,25,29)/b15-14+. The highest BCUT2D eigenvalue weighted by Gasteiger charge is 2.11. The largest absolute Gasteiger partial charge is 0.322 e. The number of amides is 1. The minimum atomic E-state index is -0.504. The van der Waals surface area contributed by atoms with Gasteiger partial charge in [0.1, 0.15) is 0 Å². The van der Waals surface area contributed by atoms with Crippen LogP contribution >= 0.6 is 0 Å². The van der Waals surface area contributed by atoms with Crippen LogP contribution in [0.4, 0.5) is 11.4 Å². The number of benzene rings is 3. The van der Waals surface area contributed by atoms with Crippen molar-refractivity contribution in [2.45, 2.75) is 0 Å². The van der Waals surface area contributed by atoms with Crippen molar-refractivity contribution in [3.05, 3.63) is 113 Å². The Labute approximate surface area is 178 Å². The number of non-ortho nitro benzene ring substituents is 1. The number of hydrogen-bond acceptors (Lipinski definition) is 4. The maximum absolute atomic E-state index is 12.4. The zero-order chi connectivity index (χ0) is 21.6. The summed E-state index contributed by atoms with van der Waals surface area (Å²) in [5.41, 5.74) is 3.61. The topological polar surface area (TPSA) is 90.1 Å². The Morgan fingerprint density at radius 2 is 1.68 bits per heavy atom. The Kier molecular flexibility index (Phi) is 5.66. The number of para-hydroxylation sites is 1. The predicted octanol–water partition coefficient (Wildman–Crippen LogP) is 5.10. The van der Waals surface area contributed by atoms with Crippen molar-refractivity contribution in [2.75, 3.05) is 5.32 Å². The number of nitro groups is 1. The van der Waals surface area contributed by atoms with Crippen molar-refractivity contribution in [1.82, 2.24) is 9.78 Å². The Balaban J connectivity index is 1.61. The SMILES string of the molecule is O=C(/C=C/c1cn(-c2ccccc2)nc1-c1ccccc1)Nc1cccc([N+](=O)[O-])c1. The van der Waals surface area contributed by atoms with Gasteiger partial charge in [0.05, 0.1) is 16.3 Å². The van der Waals surface area contributed by atoms with Gasteiger partial charge in [0.2, 0.25) is 5.91 Å². The van der Waals surface area contributed by atoms with Gasteiger partial charge >= 0.3 is 0 Å². The number of hydrogen-bond donors (Lipinski definition) is 1. The van der Waals surface area contributed by atoms with Gasteiger partial charge in [-0.2, -0.15) is 5.10 Å². The van der Waals surface area contributed by atoms with E-state index in [9.17, 15) is 14.9 Å². The van der Waals surface area contributed by atoms with Crippen LogP contribution in [0.1, 0.15) is 5.56 Å². The van der Waals surface area contributed by atoms with Crippen LogP contribution in [0.25, 0.3) is 23.0 Å². The maximum atomic E-state index is 12.4. The maximum Gasteiger partial charge on any atom is 0.271 e. The van der Waals surface area contributed by atoms with Gasteiger partial charge in [0.25, 0.3) is 5.69 Å². The lowest BCUT2D eigenvalue weighted by Gasteiger charge is -2.02. The van der Waals surface area contributed by atoms with Crippen LogP contribution in [0, 0.1) is 10.1 Å². The van der Waals surface area contributed by atoms with Crippen LogP contribution in [0.15, 0.2) is 97.2 Å². The molecule has 3 aromatic carbocycles. The first-order chi connectivity index (χ1) is 15.1. The summed E-state index contributed by atoms with van der Waals surface area (Å²) in [5.74, 6) is -0.396. The van der Waals surface area contributed by atoms with Gasteiger partial charge in [0.15, 0.2) is 0 Å². The Morgan fingerprint density at radius 3 is 2.39 bits per heavy atom. The third kappa shape index (κ3) is 4.73. The number of rotatable bonds is 6. The number of carbonyl (C=O) groups excluding carboxylic acids is 1. The number of anilines is 1. The zero-order valence-corrected chi connectivity index (χ0v) is 16.4. The Morgan fingerprint density at radius 1 is 0.968 bits per heavy atom. The van der Waals surface area contributed by atoms with Crippen LogP contribution in [0.2, 0.25) is 0 Å². The fourth-order valence-electron chi connectivity index (χ4n) is 3.09. The van der Waals surface area contributed by atoms with E-state index in [-0.39, 0.29) is 5.69 Å². The minimum Gasteiger partial charge on any atom is -0.322 e. The van der Waals surface area contributed by atoms with E-state index in [1.165, 1.54) is 24.3 Å². The first-order valence-electron chi connectivity index (χ1n) is 9.54. The van der Waals surface area contributed by atoms with E-state index in [0.717, 1.165) is 22.5 Å². The molecule has 0 aliphatic heterocycles. The molecule has 0 fully saturated rings. The molecule has 1 heterocycles. The summed E-state index contributed by atoms with van der Waals surface area (Å²) >= 11 is 0. The third-order valence-corrected chi connectivity index (χ3v) is 4.55. The van der Waals surface area contributed by atoms with Gasteiger partial charge in [-0.3, -0.25) is 14.9 Å². The lowest BCUT2D eigenvalue weighted by Crippen LogP contribution is -2.07. The van der Waals surface area contributed by atoms with Crippen LogP contribution < -0.4 is 5.32 Å². The van der Waals surface area contributed by atoms with Crippen molar-refractivity contribution < 1.29 is 9.72 Å². The molecule has 1 aromatic heterocycles. The van der Waals surface area contributed by atoms with Crippen molar-refractivity contribution in [3.8, 4) is 16.9 Å². The minimum absolute atomic E-state index is 0.0859. The molecule has 0 saturated carbocycles. The van der Waals surface area contributed by atoms with E-state index in [4.69, 9.17) is 5.10 Å². The first-order valence-corrected chi connectivity index (χ1v) is 9.54. The summed E-state index contributed by atoms with van der Waals surface area (Å²) in [6, 6.07) is 25.2. The van der Waals surface area contributed by atoms with Crippen LogP contribution in [0.3, 0.4) is 0 Å². The predicted molar refractivity (Wildman–Crippen MR) is 120 cm³/mol. The van der Waals surface area contributed by atoms with Crippen molar-refractivity contribution in [2.24, 2.45) is 0 Å². The van der Waals surface area contributed by atoms with Gasteiger partial charge in [-0.15, -0.1) is 0 Å². The lowest BCUT2D eigenvalue weighted by molar-refractivity contribution is -0.384. The molecule has 0 aliphatic rings. The highest BCUT2D eigenvalue weighted by atomic mass is 16.6. The number of nitro benzene ring substituents is 1. The van der Waals surface area contributed by atoms with Gasteiger partial charge in [0, 0.05) is 41.2 Å². The summed E-state index contributed by atoms with van der Waals surface area (Å²) in [7, 11) is 0. The van der Waals surface area contributed by atoms with E-state index in [1.807, 2.05) is 66.9 Å². The van der Waals surface area contributed by atoms with Crippen LogP contribution in [0.5, 0.6) is 0 Å². The van der Waals surface area contributed by atoms with E-state index in [2.05, 4.69) is 5.32 Å². The molecular formula is C24H18N4O3. The van der Waals surface area contributed by atoms with E-state index in [1.54, 1.807) is 16.8 Å². The van der Waals surface area contributed by atoms with Gasteiger partial charge in [-0.05, 0) is 24.3 Å². The van der Waals surface area contributed by atoms with Crippen molar-refractivity contribution in [3.63, 3.8) is 0 Å². The second-order valence-corrected chi connectivity index (χ2v) is 6.71. The number of carbonyl (C=O) groups is 1. The second kappa shape index (κ2) is 8.87. The highest BCUT2D eigenvalue weighted by Crippen LogP contribution is 2.25. The fourth-order valence-corrected chi connectivity index (χ4v) is 3.09. The smallest absolute Gasteiger partial charge is 0.271 e. The molecule has 0 saturated heterocycles. The summed E-state index contributed by atoms with van der Waals surface area (Å²) in [6.45, 7) is 0. The first kappa shape index (κ1) is 19.8. The van der Waals surface area contributed by atoms with Gasteiger partial charge in [-0.1, -0.05) is 54.6 Å². The molecule has 7 heteroatoms. The normalized spacial score (nSPS) is 10.8. The number of nitrogens with one attached hydrogen (secondary N) is 1. The molecule has 0 unspecified atom stereocenters. The van der Waals surface area contributed by atoms with Crippen LogP contribution in [-0.2, 0) is 4.79 Å². The Hall–Kier alpha value is -4.52. The molecule has 152 valence electrons. The molecule has 7 nitrogen and oxygen atoms in total. The molecule has 1 N–H and O–H groups in total. The molecule has 31 heavy (non-hydrogen) atoms. The molecule has 0 spiro atoms. The molecular weight excluding hydrogens is 392 g/mol. The fraction of sp³-hybridized carbons (Fsp3) is 0.